The largest absolute Gasteiger partial charge is 0.355 e. The molecule has 6 nitrogen and oxygen atoms in total. The Labute approximate surface area is 169 Å². The fourth-order valence-electron chi connectivity index (χ4n) is 3.08. The summed E-state index contributed by atoms with van der Waals surface area (Å²) in [4.78, 5) is 19.4. The third-order valence-electron chi connectivity index (χ3n) is 4.69. The Morgan fingerprint density at radius 3 is 2.85 bits per heavy atom. The van der Waals surface area contributed by atoms with Gasteiger partial charge in [0, 0.05) is 36.9 Å². The lowest BCUT2D eigenvalue weighted by molar-refractivity contribution is -0.125. The zero-order chi connectivity index (χ0) is 19.4. The summed E-state index contributed by atoms with van der Waals surface area (Å²) >= 11 is 7.47. The van der Waals surface area contributed by atoms with E-state index in [1.165, 1.54) is 0 Å². The van der Waals surface area contributed by atoms with Crippen LogP contribution in [0.15, 0.2) is 17.5 Å². The van der Waals surface area contributed by atoms with Crippen molar-refractivity contribution >= 4 is 34.7 Å². The Morgan fingerprint density at radius 2 is 2.19 bits per heavy atom. The van der Waals surface area contributed by atoms with E-state index in [0.29, 0.717) is 18.2 Å². The molecule has 3 rings (SSSR count). The zero-order valence-corrected chi connectivity index (χ0v) is 17.6. The van der Waals surface area contributed by atoms with Gasteiger partial charge in [-0.05, 0) is 25.0 Å². The van der Waals surface area contributed by atoms with Crippen molar-refractivity contribution in [3.63, 3.8) is 0 Å². The molecule has 0 spiro atoms. The van der Waals surface area contributed by atoms with Gasteiger partial charge in [-0.2, -0.15) is 0 Å². The average molecular weight is 408 g/mol. The maximum atomic E-state index is 12.6. The van der Waals surface area contributed by atoms with Gasteiger partial charge in [-0.3, -0.25) is 4.79 Å². The third-order valence-corrected chi connectivity index (χ3v) is 5.80. The smallest absolute Gasteiger partial charge is 0.224 e. The van der Waals surface area contributed by atoms with Crippen molar-refractivity contribution in [2.75, 3.05) is 24.5 Å². The molecule has 1 atom stereocenters. The lowest BCUT2D eigenvalue weighted by atomic mass is 9.93. The Bertz CT molecular complexity index is 771. The topological polar surface area (TPSA) is 71.0 Å². The standard InChI is InChI=1S/C19H26ClN5OS/c1-19(2,3)14-12-27-17(22-14)8-9-21-18(26)13-5-4-10-25(11-13)16-7-6-15(20)23-24-16/h6-7,12-13H,4-5,8-11H2,1-3H3,(H,21,26)/t13-/m0/s1. The number of rotatable bonds is 5. The number of thiazole rings is 1. The summed E-state index contributed by atoms with van der Waals surface area (Å²) in [7, 11) is 0. The van der Waals surface area contributed by atoms with E-state index < -0.39 is 0 Å². The molecule has 1 aliphatic heterocycles. The molecular weight excluding hydrogens is 382 g/mol. The van der Waals surface area contributed by atoms with E-state index >= 15 is 0 Å². The number of amides is 1. The Balaban J connectivity index is 1.49. The second-order valence-corrected chi connectivity index (χ2v) is 9.25. The Kier molecular flexibility index (Phi) is 6.32. The van der Waals surface area contributed by atoms with E-state index in [4.69, 9.17) is 11.6 Å². The number of aromatic nitrogens is 3. The van der Waals surface area contributed by atoms with Gasteiger partial charge in [-0.25, -0.2) is 4.98 Å². The van der Waals surface area contributed by atoms with Crippen LogP contribution in [0.4, 0.5) is 5.82 Å². The number of carbonyl (C=O) groups is 1. The van der Waals surface area contributed by atoms with Crippen LogP contribution in [0.5, 0.6) is 0 Å². The molecule has 1 fully saturated rings. The zero-order valence-electron chi connectivity index (χ0n) is 16.0. The average Bonchev–Trinajstić information content (AvgIpc) is 3.12. The molecule has 2 aromatic heterocycles. The second-order valence-electron chi connectivity index (χ2n) is 7.92. The van der Waals surface area contributed by atoms with Crippen LogP contribution in [-0.4, -0.2) is 40.7 Å². The summed E-state index contributed by atoms with van der Waals surface area (Å²) in [6.45, 7) is 8.64. The van der Waals surface area contributed by atoms with Crippen LogP contribution in [0.2, 0.25) is 5.15 Å². The highest BCUT2D eigenvalue weighted by Gasteiger charge is 2.26. The first-order chi connectivity index (χ1) is 12.8. The van der Waals surface area contributed by atoms with Gasteiger partial charge in [0.15, 0.2) is 11.0 Å². The van der Waals surface area contributed by atoms with Crippen molar-refractivity contribution in [2.45, 2.75) is 45.4 Å². The monoisotopic (exact) mass is 407 g/mol. The van der Waals surface area contributed by atoms with E-state index in [-0.39, 0.29) is 17.2 Å². The minimum absolute atomic E-state index is 0.0299. The second kappa shape index (κ2) is 8.52. The molecule has 27 heavy (non-hydrogen) atoms. The number of nitrogens with one attached hydrogen (secondary N) is 1. The van der Waals surface area contributed by atoms with Crippen LogP contribution < -0.4 is 10.2 Å². The first kappa shape index (κ1) is 20.0. The first-order valence-electron chi connectivity index (χ1n) is 9.30. The van der Waals surface area contributed by atoms with Gasteiger partial charge in [-0.15, -0.1) is 21.5 Å². The van der Waals surface area contributed by atoms with Crippen LogP contribution in [0, 0.1) is 5.92 Å². The summed E-state index contributed by atoms with van der Waals surface area (Å²) in [6.07, 6.45) is 2.63. The minimum atomic E-state index is -0.0299. The quantitative estimate of drug-likeness (QED) is 0.821. The molecule has 0 aliphatic carbocycles. The summed E-state index contributed by atoms with van der Waals surface area (Å²) in [5.74, 6) is 0.848. The lowest BCUT2D eigenvalue weighted by Crippen LogP contribution is -2.43. The molecule has 1 aliphatic rings. The van der Waals surface area contributed by atoms with E-state index in [9.17, 15) is 4.79 Å². The summed E-state index contributed by atoms with van der Waals surface area (Å²) in [5, 5.41) is 14.7. The molecule has 0 saturated carbocycles. The number of piperidine rings is 1. The van der Waals surface area contributed by atoms with Crippen LogP contribution in [0.25, 0.3) is 0 Å². The van der Waals surface area contributed by atoms with Crippen molar-refractivity contribution in [1.29, 1.82) is 0 Å². The Morgan fingerprint density at radius 1 is 1.37 bits per heavy atom. The van der Waals surface area contributed by atoms with E-state index in [1.807, 2.05) is 6.07 Å². The Hall–Kier alpha value is -1.73. The number of nitrogens with zero attached hydrogens (tertiary/aromatic N) is 4. The first-order valence-corrected chi connectivity index (χ1v) is 10.6. The molecule has 1 N–H and O–H groups in total. The van der Waals surface area contributed by atoms with Crippen molar-refractivity contribution in [2.24, 2.45) is 5.92 Å². The van der Waals surface area contributed by atoms with Crippen LogP contribution in [0.3, 0.4) is 0 Å². The number of carbonyl (C=O) groups excluding carboxylic acids is 1. The molecule has 8 heteroatoms. The van der Waals surface area contributed by atoms with Gasteiger partial charge in [0.2, 0.25) is 5.91 Å². The normalized spacial score (nSPS) is 17.8. The summed E-state index contributed by atoms with van der Waals surface area (Å²) < 4.78 is 0. The fraction of sp³-hybridized carbons (Fsp3) is 0.579. The molecule has 2 aromatic rings. The predicted molar refractivity (Wildman–Crippen MR) is 110 cm³/mol. The SMILES string of the molecule is CC(C)(C)c1csc(CCNC(=O)[C@H]2CCCN(c3ccc(Cl)nn3)C2)n1. The molecule has 146 valence electrons. The fourth-order valence-corrected chi connectivity index (χ4v) is 4.21. The molecule has 0 unspecified atom stereocenters. The highest BCUT2D eigenvalue weighted by atomic mass is 35.5. The lowest BCUT2D eigenvalue weighted by Gasteiger charge is -2.32. The molecule has 1 saturated heterocycles. The van der Waals surface area contributed by atoms with E-state index in [1.54, 1.807) is 17.4 Å². The number of hydrogen-bond donors (Lipinski definition) is 1. The summed E-state index contributed by atoms with van der Waals surface area (Å²) in [5.41, 5.74) is 1.18. The third kappa shape index (κ3) is 5.39. The van der Waals surface area contributed by atoms with Crippen molar-refractivity contribution in [1.82, 2.24) is 20.5 Å². The number of anilines is 1. The van der Waals surface area contributed by atoms with E-state index in [2.05, 4.69) is 51.5 Å². The molecule has 3 heterocycles. The highest BCUT2D eigenvalue weighted by molar-refractivity contribution is 7.09. The molecular formula is C19H26ClN5OS. The van der Waals surface area contributed by atoms with Crippen LogP contribution in [0.1, 0.15) is 44.3 Å². The molecule has 0 bridgehead atoms. The molecule has 0 radical (unpaired) electrons. The van der Waals surface area contributed by atoms with Crippen molar-refractivity contribution < 1.29 is 4.79 Å². The van der Waals surface area contributed by atoms with Gasteiger partial charge in [0.25, 0.3) is 0 Å². The maximum absolute atomic E-state index is 12.6. The van der Waals surface area contributed by atoms with Crippen LogP contribution >= 0.6 is 22.9 Å². The minimum Gasteiger partial charge on any atom is -0.355 e. The van der Waals surface area contributed by atoms with Gasteiger partial charge in [0.1, 0.15) is 0 Å². The highest BCUT2D eigenvalue weighted by Crippen LogP contribution is 2.24. The van der Waals surface area contributed by atoms with E-state index in [0.717, 1.165) is 42.3 Å². The molecule has 1 amide bonds. The van der Waals surface area contributed by atoms with Crippen molar-refractivity contribution in [3.8, 4) is 0 Å². The van der Waals surface area contributed by atoms with Gasteiger partial charge < -0.3 is 10.2 Å². The molecule has 0 aromatic carbocycles. The number of hydrogen-bond acceptors (Lipinski definition) is 6. The van der Waals surface area contributed by atoms with Crippen molar-refractivity contribution in [3.05, 3.63) is 33.4 Å². The number of halogens is 1. The van der Waals surface area contributed by atoms with Gasteiger partial charge in [0.05, 0.1) is 16.6 Å². The summed E-state index contributed by atoms with van der Waals surface area (Å²) in [6, 6.07) is 3.58. The van der Waals surface area contributed by atoms with Gasteiger partial charge >= 0.3 is 0 Å². The predicted octanol–water partition coefficient (Wildman–Crippen LogP) is 3.46. The van der Waals surface area contributed by atoms with Crippen LogP contribution in [-0.2, 0) is 16.6 Å². The maximum Gasteiger partial charge on any atom is 0.224 e. The van der Waals surface area contributed by atoms with Gasteiger partial charge in [-0.1, -0.05) is 32.4 Å².